The molecule has 1 aliphatic rings. The highest BCUT2D eigenvalue weighted by molar-refractivity contribution is 5.98. The second-order valence-electron chi connectivity index (χ2n) is 5.85. The minimum Gasteiger partial charge on any atom is -0.480 e. The lowest BCUT2D eigenvalue weighted by Crippen LogP contribution is -2.39. The first-order valence-electron chi connectivity index (χ1n) is 7.70. The van der Waals surface area contributed by atoms with Crippen LogP contribution in [0.3, 0.4) is 0 Å². The van der Waals surface area contributed by atoms with Crippen molar-refractivity contribution in [2.75, 3.05) is 11.4 Å². The molecule has 1 heterocycles. The van der Waals surface area contributed by atoms with Crippen LogP contribution >= 0.6 is 0 Å². The van der Waals surface area contributed by atoms with E-state index in [-0.39, 0.29) is 5.91 Å². The third kappa shape index (κ3) is 2.59. The van der Waals surface area contributed by atoms with Crippen molar-refractivity contribution in [3.63, 3.8) is 0 Å². The Morgan fingerprint density at radius 3 is 2.50 bits per heavy atom. The van der Waals surface area contributed by atoms with Gasteiger partial charge in [0.05, 0.1) is 0 Å². The van der Waals surface area contributed by atoms with Crippen molar-refractivity contribution in [3.05, 3.63) is 59.2 Å². The standard InChI is InChI=1S/C19H21NO2/c1-13-7-6-8-14(2)18(13)22-15(3)19(21)20-12-11-16-9-4-5-10-17(16)20/h4-10,15H,11-12H2,1-3H3/t15-/m0/s1. The quantitative estimate of drug-likeness (QED) is 0.865. The molecule has 0 radical (unpaired) electrons. The molecule has 114 valence electrons. The molecule has 1 atom stereocenters. The van der Waals surface area contributed by atoms with Gasteiger partial charge >= 0.3 is 0 Å². The van der Waals surface area contributed by atoms with Crippen molar-refractivity contribution >= 4 is 11.6 Å². The molecule has 1 amide bonds. The summed E-state index contributed by atoms with van der Waals surface area (Å²) in [6, 6.07) is 14.1. The Hall–Kier alpha value is -2.29. The zero-order valence-corrected chi connectivity index (χ0v) is 13.3. The van der Waals surface area contributed by atoms with Gasteiger partial charge in [-0.25, -0.2) is 0 Å². The van der Waals surface area contributed by atoms with Crippen LogP contribution in [-0.2, 0) is 11.2 Å². The monoisotopic (exact) mass is 295 g/mol. The Balaban J connectivity index is 1.79. The lowest BCUT2D eigenvalue weighted by atomic mass is 10.1. The van der Waals surface area contributed by atoms with Crippen LogP contribution in [0.15, 0.2) is 42.5 Å². The number of fused-ring (bicyclic) bond motifs is 1. The number of carbonyl (C=O) groups excluding carboxylic acids is 1. The maximum Gasteiger partial charge on any atom is 0.267 e. The zero-order valence-electron chi connectivity index (χ0n) is 13.3. The Morgan fingerprint density at radius 1 is 1.09 bits per heavy atom. The Kier molecular flexibility index (Phi) is 3.88. The fraction of sp³-hybridized carbons (Fsp3) is 0.316. The van der Waals surface area contributed by atoms with Gasteiger partial charge in [-0.1, -0.05) is 36.4 Å². The number of amides is 1. The van der Waals surface area contributed by atoms with Crippen molar-refractivity contribution in [1.82, 2.24) is 0 Å². The summed E-state index contributed by atoms with van der Waals surface area (Å²) in [6.07, 6.45) is 0.420. The zero-order chi connectivity index (χ0) is 15.7. The second kappa shape index (κ2) is 5.84. The van der Waals surface area contributed by atoms with E-state index in [1.807, 2.05) is 62.1 Å². The normalized spacial score (nSPS) is 14.6. The van der Waals surface area contributed by atoms with Crippen LogP contribution in [0.1, 0.15) is 23.6 Å². The second-order valence-corrected chi connectivity index (χ2v) is 5.85. The molecule has 0 bridgehead atoms. The third-order valence-electron chi connectivity index (χ3n) is 4.20. The summed E-state index contributed by atoms with van der Waals surface area (Å²) in [5, 5.41) is 0. The first-order chi connectivity index (χ1) is 10.6. The van der Waals surface area contributed by atoms with Crippen molar-refractivity contribution in [3.8, 4) is 5.75 Å². The number of hydrogen-bond donors (Lipinski definition) is 0. The first-order valence-corrected chi connectivity index (χ1v) is 7.70. The maximum absolute atomic E-state index is 12.7. The van der Waals surface area contributed by atoms with E-state index in [1.165, 1.54) is 5.56 Å². The van der Waals surface area contributed by atoms with Gasteiger partial charge in [0.1, 0.15) is 5.75 Å². The van der Waals surface area contributed by atoms with Crippen molar-refractivity contribution in [1.29, 1.82) is 0 Å². The molecular formula is C19H21NO2. The first kappa shape index (κ1) is 14.6. The Morgan fingerprint density at radius 2 is 1.77 bits per heavy atom. The number of benzene rings is 2. The fourth-order valence-electron chi connectivity index (χ4n) is 3.00. The smallest absolute Gasteiger partial charge is 0.267 e. The summed E-state index contributed by atoms with van der Waals surface area (Å²) >= 11 is 0. The van der Waals surface area contributed by atoms with E-state index in [1.54, 1.807) is 0 Å². The summed E-state index contributed by atoms with van der Waals surface area (Å²) < 4.78 is 5.97. The molecule has 0 unspecified atom stereocenters. The molecule has 1 aliphatic heterocycles. The van der Waals surface area contributed by atoms with Crippen LogP contribution < -0.4 is 9.64 Å². The number of para-hydroxylation sites is 2. The van der Waals surface area contributed by atoms with Gasteiger partial charge in [-0.15, -0.1) is 0 Å². The van der Waals surface area contributed by atoms with Crippen LogP contribution in [-0.4, -0.2) is 18.6 Å². The van der Waals surface area contributed by atoms with Gasteiger partial charge in [0.25, 0.3) is 5.91 Å². The van der Waals surface area contributed by atoms with Gasteiger partial charge in [-0.05, 0) is 49.9 Å². The summed E-state index contributed by atoms with van der Waals surface area (Å²) in [7, 11) is 0. The summed E-state index contributed by atoms with van der Waals surface area (Å²) in [5.41, 5.74) is 4.36. The molecule has 3 heteroatoms. The van der Waals surface area contributed by atoms with E-state index in [4.69, 9.17) is 4.74 Å². The highest BCUT2D eigenvalue weighted by Crippen LogP contribution is 2.29. The number of anilines is 1. The molecule has 0 aromatic heterocycles. The predicted octanol–water partition coefficient (Wildman–Crippen LogP) is 3.66. The Labute approximate surface area is 131 Å². The molecule has 0 spiro atoms. The Bertz CT molecular complexity index is 688. The van der Waals surface area contributed by atoms with Gasteiger partial charge in [-0.2, -0.15) is 0 Å². The van der Waals surface area contributed by atoms with Crippen molar-refractivity contribution in [2.45, 2.75) is 33.3 Å². The summed E-state index contributed by atoms with van der Waals surface area (Å²) in [5.74, 6) is 0.837. The van der Waals surface area contributed by atoms with E-state index < -0.39 is 6.10 Å². The number of rotatable bonds is 3. The number of hydrogen-bond acceptors (Lipinski definition) is 2. The predicted molar refractivity (Wildman–Crippen MR) is 88.5 cm³/mol. The highest BCUT2D eigenvalue weighted by Gasteiger charge is 2.29. The molecule has 0 saturated carbocycles. The average Bonchev–Trinajstić information content (AvgIpc) is 2.94. The van der Waals surface area contributed by atoms with Crippen LogP contribution in [0.25, 0.3) is 0 Å². The number of aryl methyl sites for hydroxylation is 2. The minimum atomic E-state index is -0.494. The van der Waals surface area contributed by atoms with Crippen molar-refractivity contribution in [2.24, 2.45) is 0 Å². The van der Waals surface area contributed by atoms with E-state index in [0.29, 0.717) is 0 Å². The molecule has 22 heavy (non-hydrogen) atoms. The third-order valence-corrected chi connectivity index (χ3v) is 4.20. The van der Waals surface area contributed by atoms with E-state index in [0.717, 1.165) is 35.5 Å². The average molecular weight is 295 g/mol. The van der Waals surface area contributed by atoms with Gasteiger partial charge in [0.15, 0.2) is 6.10 Å². The molecule has 3 nitrogen and oxygen atoms in total. The SMILES string of the molecule is Cc1cccc(C)c1O[C@@H](C)C(=O)N1CCc2ccccc21. The van der Waals surface area contributed by atoms with E-state index in [9.17, 15) is 4.79 Å². The molecule has 3 rings (SSSR count). The lowest BCUT2D eigenvalue weighted by Gasteiger charge is -2.23. The molecular weight excluding hydrogens is 274 g/mol. The lowest BCUT2D eigenvalue weighted by molar-refractivity contribution is -0.124. The molecule has 2 aromatic rings. The molecule has 0 aliphatic carbocycles. The fourth-order valence-corrected chi connectivity index (χ4v) is 3.00. The van der Waals surface area contributed by atoms with Gasteiger partial charge in [0, 0.05) is 12.2 Å². The number of carbonyl (C=O) groups is 1. The van der Waals surface area contributed by atoms with Crippen LogP contribution in [0, 0.1) is 13.8 Å². The van der Waals surface area contributed by atoms with Crippen LogP contribution in [0.4, 0.5) is 5.69 Å². The molecule has 0 fully saturated rings. The molecule has 2 aromatic carbocycles. The van der Waals surface area contributed by atoms with E-state index in [2.05, 4.69) is 6.07 Å². The van der Waals surface area contributed by atoms with Crippen molar-refractivity contribution < 1.29 is 9.53 Å². The van der Waals surface area contributed by atoms with Gasteiger partial charge in [-0.3, -0.25) is 4.79 Å². The largest absolute Gasteiger partial charge is 0.480 e. The number of nitrogens with zero attached hydrogens (tertiary/aromatic N) is 1. The van der Waals surface area contributed by atoms with Gasteiger partial charge < -0.3 is 9.64 Å². The van der Waals surface area contributed by atoms with Crippen LogP contribution in [0.2, 0.25) is 0 Å². The number of ether oxygens (including phenoxy) is 1. The minimum absolute atomic E-state index is 0.0209. The molecule has 0 saturated heterocycles. The maximum atomic E-state index is 12.7. The van der Waals surface area contributed by atoms with E-state index >= 15 is 0 Å². The highest BCUT2D eigenvalue weighted by atomic mass is 16.5. The van der Waals surface area contributed by atoms with Gasteiger partial charge in [0.2, 0.25) is 0 Å². The summed E-state index contributed by atoms with van der Waals surface area (Å²) in [6.45, 7) is 6.57. The topological polar surface area (TPSA) is 29.5 Å². The summed E-state index contributed by atoms with van der Waals surface area (Å²) in [4.78, 5) is 14.6. The molecule has 0 N–H and O–H groups in total. The van der Waals surface area contributed by atoms with Crippen LogP contribution in [0.5, 0.6) is 5.75 Å².